The van der Waals surface area contributed by atoms with Gasteiger partial charge in [0.1, 0.15) is 12.4 Å². The number of benzene rings is 1. The maximum absolute atomic E-state index is 13.6. The van der Waals surface area contributed by atoms with E-state index in [9.17, 15) is 14.0 Å². The van der Waals surface area contributed by atoms with Crippen LogP contribution < -0.4 is 0 Å². The van der Waals surface area contributed by atoms with Crippen LogP contribution in [0.5, 0.6) is 0 Å². The minimum Gasteiger partial charge on any atom is -0.376 e. The molecule has 0 spiro atoms. The van der Waals surface area contributed by atoms with Crippen molar-refractivity contribution in [2.75, 3.05) is 53.1 Å². The number of hydrogen-bond donors (Lipinski definition) is 0. The molecule has 2 atom stereocenters. The van der Waals surface area contributed by atoms with Crippen LogP contribution in [0.4, 0.5) is 4.39 Å². The van der Waals surface area contributed by atoms with Gasteiger partial charge in [-0.15, -0.1) is 0 Å². The Balaban J connectivity index is 1.69. The first-order valence-corrected chi connectivity index (χ1v) is 9.61. The number of amides is 2. The molecule has 2 aliphatic rings. The zero-order valence-corrected chi connectivity index (χ0v) is 16.1. The number of ether oxygens (including phenoxy) is 3. The van der Waals surface area contributed by atoms with E-state index >= 15 is 0 Å². The van der Waals surface area contributed by atoms with Gasteiger partial charge in [-0.25, -0.2) is 4.39 Å². The molecule has 154 valence electrons. The SMILES string of the molecule is COCC(=O)N1CCO[C@H](CN(C[C@H]2CCCO2)C(=O)c2cccc(F)c2)C1. The summed E-state index contributed by atoms with van der Waals surface area (Å²) in [6.45, 7) is 2.73. The standard InChI is InChI=1S/C20H27FN2O5/c1-26-14-19(24)22-7-9-28-18(12-22)13-23(11-17-6-3-8-27-17)20(25)15-4-2-5-16(21)10-15/h2,4-5,10,17-18H,3,6-9,11-14H2,1H3/t17-,18+/m1/s1. The lowest BCUT2D eigenvalue weighted by Crippen LogP contribution is -2.52. The monoisotopic (exact) mass is 394 g/mol. The smallest absolute Gasteiger partial charge is 0.254 e. The Bertz CT molecular complexity index is 680. The lowest BCUT2D eigenvalue weighted by molar-refractivity contribution is -0.143. The normalized spacial score (nSPS) is 22.3. The maximum atomic E-state index is 13.6. The summed E-state index contributed by atoms with van der Waals surface area (Å²) >= 11 is 0. The van der Waals surface area contributed by atoms with Crippen LogP contribution in [0.25, 0.3) is 0 Å². The maximum Gasteiger partial charge on any atom is 0.254 e. The summed E-state index contributed by atoms with van der Waals surface area (Å²) in [5, 5.41) is 0. The first-order valence-electron chi connectivity index (χ1n) is 9.61. The molecule has 7 nitrogen and oxygen atoms in total. The second-order valence-electron chi connectivity index (χ2n) is 7.12. The number of carbonyl (C=O) groups is 2. The first-order chi connectivity index (χ1) is 13.6. The Labute approximate surface area is 164 Å². The van der Waals surface area contributed by atoms with Crippen molar-refractivity contribution in [3.8, 4) is 0 Å². The molecular formula is C20H27FN2O5. The van der Waals surface area contributed by atoms with Gasteiger partial charge in [-0.1, -0.05) is 6.07 Å². The van der Waals surface area contributed by atoms with Gasteiger partial charge in [0.2, 0.25) is 5.91 Å². The van der Waals surface area contributed by atoms with Gasteiger partial charge >= 0.3 is 0 Å². The highest BCUT2D eigenvalue weighted by Crippen LogP contribution is 2.17. The van der Waals surface area contributed by atoms with Gasteiger partial charge in [0.25, 0.3) is 5.91 Å². The molecule has 2 fully saturated rings. The number of halogens is 1. The lowest BCUT2D eigenvalue weighted by Gasteiger charge is -2.36. The summed E-state index contributed by atoms with van der Waals surface area (Å²) in [5.41, 5.74) is 0.293. The van der Waals surface area contributed by atoms with Gasteiger partial charge in [-0.05, 0) is 31.0 Å². The molecule has 0 N–H and O–H groups in total. The molecule has 0 aromatic heterocycles. The van der Waals surface area contributed by atoms with Crippen molar-refractivity contribution in [2.45, 2.75) is 25.0 Å². The van der Waals surface area contributed by atoms with Gasteiger partial charge in [-0.3, -0.25) is 9.59 Å². The molecule has 0 radical (unpaired) electrons. The van der Waals surface area contributed by atoms with Crippen molar-refractivity contribution in [1.29, 1.82) is 0 Å². The molecule has 28 heavy (non-hydrogen) atoms. The van der Waals surface area contributed by atoms with E-state index in [1.165, 1.54) is 25.3 Å². The van der Waals surface area contributed by atoms with Gasteiger partial charge in [0, 0.05) is 45.5 Å². The molecule has 3 rings (SSSR count). The van der Waals surface area contributed by atoms with Crippen LogP contribution in [0.1, 0.15) is 23.2 Å². The number of morpholine rings is 1. The number of nitrogens with zero attached hydrogens (tertiary/aromatic N) is 2. The quantitative estimate of drug-likeness (QED) is 0.698. The second-order valence-corrected chi connectivity index (χ2v) is 7.12. The van der Waals surface area contributed by atoms with E-state index < -0.39 is 5.82 Å². The van der Waals surface area contributed by atoms with E-state index in [2.05, 4.69) is 0 Å². The molecule has 1 aromatic carbocycles. The van der Waals surface area contributed by atoms with Crippen LogP contribution in [0.2, 0.25) is 0 Å². The van der Waals surface area contributed by atoms with Gasteiger partial charge < -0.3 is 24.0 Å². The number of rotatable bonds is 7. The fourth-order valence-electron chi connectivity index (χ4n) is 3.60. The number of hydrogen-bond acceptors (Lipinski definition) is 5. The molecule has 2 saturated heterocycles. The third-order valence-corrected chi connectivity index (χ3v) is 4.99. The van der Waals surface area contributed by atoms with Gasteiger partial charge in [0.05, 0.1) is 18.8 Å². The summed E-state index contributed by atoms with van der Waals surface area (Å²) in [6.07, 6.45) is 1.50. The minimum atomic E-state index is -0.451. The van der Waals surface area contributed by atoms with Crippen LogP contribution in [-0.4, -0.2) is 86.9 Å². The van der Waals surface area contributed by atoms with Crippen molar-refractivity contribution in [1.82, 2.24) is 9.80 Å². The van der Waals surface area contributed by atoms with Crippen molar-refractivity contribution < 1.29 is 28.2 Å². The minimum absolute atomic E-state index is 0.0224. The van der Waals surface area contributed by atoms with Crippen molar-refractivity contribution >= 4 is 11.8 Å². The van der Waals surface area contributed by atoms with E-state index in [1.807, 2.05) is 0 Å². The molecule has 1 aromatic rings. The molecule has 2 aliphatic heterocycles. The molecule has 8 heteroatoms. The van der Waals surface area contributed by atoms with Crippen molar-refractivity contribution in [3.63, 3.8) is 0 Å². The fourth-order valence-corrected chi connectivity index (χ4v) is 3.60. The highest BCUT2D eigenvalue weighted by Gasteiger charge is 2.30. The summed E-state index contributed by atoms with van der Waals surface area (Å²) in [4.78, 5) is 28.5. The van der Waals surface area contributed by atoms with Crippen LogP contribution in [0.15, 0.2) is 24.3 Å². The van der Waals surface area contributed by atoms with Crippen LogP contribution in [0, 0.1) is 5.82 Å². The third-order valence-electron chi connectivity index (χ3n) is 4.99. The molecule has 0 saturated carbocycles. The predicted molar refractivity (Wildman–Crippen MR) is 99.5 cm³/mol. The summed E-state index contributed by atoms with van der Waals surface area (Å²) in [7, 11) is 1.48. The average molecular weight is 394 g/mol. The van der Waals surface area contributed by atoms with E-state index in [-0.39, 0.29) is 30.6 Å². The van der Waals surface area contributed by atoms with Crippen LogP contribution in [-0.2, 0) is 19.0 Å². The molecular weight excluding hydrogens is 367 g/mol. The molecule has 0 bridgehead atoms. The van der Waals surface area contributed by atoms with E-state index in [4.69, 9.17) is 14.2 Å². The molecule has 2 heterocycles. The van der Waals surface area contributed by atoms with E-state index in [0.29, 0.717) is 45.0 Å². The largest absolute Gasteiger partial charge is 0.376 e. The zero-order chi connectivity index (χ0) is 19.9. The molecule has 0 unspecified atom stereocenters. The number of methoxy groups -OCH3 is 1. The van der Waals surface area contributed by atoms with Crippen molar-refractivity contribution in [3.05, 3.63) is 35.6 Å². The van der Waals surface area contributed by atoms with Crippen LogP contribution in [0.3, 0.4) is 0 Å². The summed E-state index contributed by atoms with van der Waals surface area (Å²) < 4.78 is 30.0. The highest BCUT2D eigenvalue weighted by atomic mass is 19.1. The van der Waals surface area contributed by atoms with E-state index in [0.717, 1.165) is 12.8 Å². The fraction of sp³-hybridized carbons (Fsp3) is 0.600. The van der Waals surface area contributed by atoms with Gasteiger partial charge in [0.15, 0.2) is 0 Å². The lowest BCUT2D eigenvalue weighted by atomic mass is 10.1. The Hall–Kier alpha value is -2.03. The third kappa shape index (κ3) is 5.50. The Morgan fingerprint density at radius 3 is 2.75 bits per heavy atom. The van der Waals surface area contributed by atoms with E-state index in [1.54, 1.807) is 15.9 Å². The second kappa shape index (κ2) is 9.95. The summed E-state index contributed by atoms with van der Waals surface area (Å²) in [5.74, 6) is -0.815. The Morgan fingerprint density at radius 2 is 2.04 bits per heavy atom. The van der Waals surface area contributed by atoms with Crippen molar-refractivity contribution in [2.24, 2.45) is 0 Å². The predicted octanol–water partition coefficient (Wildman–Crippen LogP) is 1.32. The first kappa shape index (κ1) is 20.7. The van der Waals surface area contributed by atoms with Gasteiger partial charge in [-0.2, -0.15) is 0 Å². The Morgan fingerprint density at radius 1 is 1.25 bits per heavy atom. The zero-order valence-electron chi connectivity index (χ0n) is 16.1. The summed E-state index contributed by atoms with van der Waals surface area (Å²) in [6, 6.07) is 5.67. The topological polar surface area (TPSA) is 68.3 Å². The highest BCUT2D eigenvalue weighted by molar-refractivity contribution is 5.94. The molecule has 2 amide bonds. The average Bonchev–Trinajstić information content (AvgIpc) is 3.20. The molecule has 0 aliphatic carbocycles. The number of carbonyl (C=O) groups excluding carboxylic acids is 2. The Kier molecular flexibility index (Phi) is 7.36. The van der Waals surface area contributed by atoms with Crippen LogP contribution >= 0.6 is 0 Å².